The largest absolute Gasteiger partial charge is 0.467 e. The van der Waals surface area contributed by atoms with Crippen LogP contribution in [-0.2, 0) is 20.8 Å². The monoisotopic (exact) mass is 389 g/mol. The molecule has 0 aliphatic carbocycles. The molecular weight excluding hydrogens is 370 g/mol. The van der Waals surface area contributed by atoms with Gasteiger partial charge in [0.15, 0.2) is 6.61 Å². The van der Waals surface area contributed by atoms with Crippen LogP contribution < -0.4 is 10.2 Å². The van der Waals surface area contributed by atoms with Crippen LogP contribution in [0.4, 0.5) is 11.4 Å². The van der Waals surface area contributed by atoms with E-state index in [0.717, 1.165) is 6.07 Å². The number of furan rings is 1. The van der Waals surface area contributed by atoms with Crippen molar-refractivity contribution in [2.75, 3.05) is 37.8 Å². The van der Waals surface area contributed by atoms with E-state index in [2.05, 4.69) is 5.32 Å². The second kappa shape index (κ2) is 9.00. The highest BCUT2D eigenvalue weighted by molar-refractivity contribution is 5.93. The van der Waals surface area contributed by atoms with Gasteiger partial charge in [-0.15, -0.1) is 0 Å². The van der Waals surface area contributed by atoms with Crippen molar-refractivity contribution in [2.24, 2.45) is 0 Å². The smallest absolute Gasteiger partial charge is 0.338 e. The van der Waals surface area contributed by atoms with Gasteiger partial charge >= 0.3 is 5.97 Å². The Bertz CT molecular complexity index is 845. The molecule has 1 aromatic heterocycles. The lowest BCUT2D eigenvalue weighted by Crippen LogP contribution is -2.36. The lowest BCUT2D eigenvalue weighted by molar-refractivity contribution is -0.384. The molecule has 28 heavy (non-hydrogen) atoms. The molecular formula is C18H19N3O7. The van der Waals surface area contributed by atoms with Gasteiger partial charge in [0, 0.05) is 19.2 Å². The van der Waals surface area contributed by atoms with E-state index in [1.54, 1.807) is 12.1 Å². The molecule has 3 rings (SSSR count). The SMILES string of the molecule is O=C(COC(=O)c1ccc(N2CCOCC2)c([N+](=O)[O-])c1)NCc1ccco1. The molecule has 1 N–H and O–H groups in total. The zero-order valence-corrected chi connectivity index (χ0v) is 15.0. The van der Waals surface area contributed by atoms with Crippen LogP contribution in [0.3, 0.4) is 0 Å². The third-order valence-corrected chi connectivity index (χ3v) is 4.13. The van der Waals surface area contributed by atoms with Crippen LogP contribution in [0.15, 0.2) is 41.0 Å². The van der Waals surface area contributed by atoms with E-state index >= 15 is 0 Å². The molecule has 10 nitrogen and oxygen atoms in total. The Morgan fingerprint density at radius 2 is 2.04 bits per heavy atom. The van der Waals surface area contributed by atoms with Crippen molar-refractivity contribution in [1.82, 2.24) is 5.32 Å². The summed E-state index contributed by atoms with van der Waals surface area (Å²) in [7, 11) is 0. The molecule has 148 valence electrons. The number of carbonyl (C=O) groups excluding carboxylic acids is 2. The summed E-state index contributed by atoms with van der Waals surface area (Å²) in [4.78, 5) is 36.6. The molecule has 0 atom stereocenters. The van der Waals surface area contributed by atoms with Gasteiger partial charge in [0.05, 0.1) is 36.5 Å². The maximum Gasteiger partial charge on any atom is 0.338 e. The van der Waals surface area contributed by atoms with E-state index in [-0.39, 0.29) is 17.8 Å². The third-order valence-electron chi connectivity index (χ3n) is 4.13. The van der Waals surface area contributed by atoms with E-state index in [4.69, 9.17) is 13.9 Å². The van der Waals surface area contributed by atoms with Crippen LogP contribution in [0.25, 0.3) is 0 Å². The van der Waals surface area contributed by atoms with Crippen LogP contribution in [0.2, 0.25) is 0 Å². The Morgan fingerprint density at radius 1 is 1.25 bits per heavy atom. The minimum atomic E-state index is -0.815. The molecule has 0 unspecified atom stereocenters. The molecule has 1 fully saturated rings. The summed E-state index contributed by atoms with van der Waals surface area (Å²) in [6, 6.07) is 7.50. The molecule has 1 aliphatic rings. The number of rotatable bonds is 7. The lowest BCUT2D eigenvalue weighted by Gasteiger charge is -2.28. The fourth-order valence-corrected chi connectivity index (χ4v) is 2.73. The second-order valence-electron chi connectivity index (χ2n) is 5.99. The van der Waals surface area contributed by atoms with E-state index in [0.29, 0.717) is 37.8 Å². The van der Waals surface area contributed by atoms with Crippen LogP contribution in [-0.4, -0.2) is 49.7 Å². The summed E-state index contributed by atoms with van der Waals surface area (Å²) in [6.45, 7) is 1.69. The highest BCUT2D eigenvalue weighted by atomic mass is 16.6. The highest BCUT2D eigenvalue weighted by Crippen LogP contribution is 2.30. The van der Waals surface area contributed by atoms with Crippen LogP contribution in [0.5, 0.6) is 0 Å². The molecule has 2 aromatic rings. The van der Waals surface area contributed by atoms with Crippen molar-refractivity contribution in [3.63, 3.8) is 0 Å². The minimum absolute atomic E-state index is 0.00236. The number of nitro benzene ring substituents is 1. The van der Waals surface area contributed by atoms with Gasteiger partial charge in [0.2, 0.25) is 0 Å². The van der Waals surface area contributed by atoms with Gasteiger partial charge in [-0.25, -0.2) is 4.79 Å². The first-order chi connectivity index (χ1) is 13.5. The predicted molar refractivity (Wildman–Crippen MR) is 97.0 cm³/mol. The van der Waals surface area contributed by atoms with Gasteiger partial charge < -0.3 is 24.1 Å². The number of nitrogens with zero attached hydrogens (tertiary/aromatic N) is 2. The number of anilines is 1. The number of amides is 1. The van der Waals surface area contributed by atoms with Gasteiger partial charge in [-0.2, -0.15) is 0 Å². The zero-order chi connectivity index (χ0) is 19.9. The highest BCUT2D eigenvalue weighted by Gasteiger charge is 2.24. The van der Waals surface area contributed by atoms with Crippen LogP contribution >= 0.6 is 0 Å². The standard InChI is InChI=1S/C18H19N3O7/c22-17(19-11-14-2-1-7-27-14)12-28-18(23)13-3-4-15(16(10-13)21(24)25)20-5-8-26-9-6-20/h1-4,7,10H,5-6,8-9,11-12H2,(H,19,22). The number of nitrogens with one attached hydrogen (secondary N) is 1. The summed E-state index contributed by atoms with van der Waals surface area (Å²) in [6.07, 6.45) is 1.48. The summed E-state index contributed by atoms with van der Waals surface area (Å²) in [5.41, 5.74) is 0.224. The lowest BCUT2D eigenvalue weighted by atomic mass is 10.1. The average molecular weight is 389 g/mol. The maximum atomic E-state index is 12.2. The fourth-order valence-electron chi connectivity index (χ4n) is 2.73. The molecule has 1 amide bonds. The van der Waals surface area contributed by atoms with Crippen molar-refractivity contribution in [1.29, 1.82) is 0 Å². The minimum Gasteiger partial charge on any atom is -0.467 e. The summed E-state index contributed by atoms with van der Waals surface area (Å²) < 4.78 is 15.3. The fraction of sp³-hybridized carbons (Fsp3) is 0.333. The molecule has 1 aliphatic heterocycles. The van der Waals surface area contributed by atoms with Crippen LogP contribution in [0, 0.1) is 10.1 Å². The number of hydrogen-bond donors (Lipinski definition) is 1. The number of benzene rings is 1. The average Bonchev–Trinajstić information content (AvgIpc) is 3.24. The van der Waals surface area contributed by atoms with Crippen molar-refractivity contribution in [3.8, 4) is 0 Å². The van der Waals surface area contributed by atoms with Crippen molar-refractivity contribution >= 4 is 23.3 Å². The summed E-state index contributed by atoms with van der Waals surface area (Å²) >= 11 is 0. The van der Waals surface area contributed by atoms with Gasteiger partial charge in [0.1, 0.15) is 11.4 Å². The molecule has 0 bridgehead atoms. The molecule has 0 saturated carbocycles. The molecule has 2 heterocycles. The van der Waals surface area contributed by atoms with Crippen LogP contribution in [0.1, 0.15) is 16.1 Å². The number of nitro groups is 1. The number of morpholine rings is 1. The van der Waals surface area contributed by atoms with E-state index in [1.807, 2.05) is 4.90 Å². The number of esters is 1. The normalized spacial score (nSPS) is 13.8. The maximum absolute atomic E-state index is 12.2. The number of hydrogen-bond acceptors (Lipinski definition) is 8. The Labute approximate surface area is 160 Å². The molecule has 1 aromatic carbocycles. The zero-order valence-electron chi connectivity index (χ0n) is 15.0. The van der Waals surface area contributed by atoms with Gasteiger partial charge in [0.25, 0.3) is 11.6 Å². The van der Waals surface area contributed by atoms with Crippen molar-refractivity contribution in [2.45, 2.75) is 6.54 Å². The van der Waals surface area contributed by atoms with Gasteiger partial charge in [-0.1, -0.05) is 0 Å². The third kappa shape index (κ3) is 4.86. The Kier molecular flexibility index (Phi) is 6.22. The van der Waals surface area contributed by atoms with Crippen molar-refractivity contribution in [3.05, 3.63) is 58.0 Å². The first-order valence-electron chi connectivity index (χ1n) is 8.62. The Hall–Kier alpha value is -3.40. The predicted octanol–water partition coefficient (Wildman–Crippen LogP) is 1.50. The number of carbonyl (C=O) groups is 2. The van der Waals surface area contributed by atoms with E-state index in [1.165, 1.54) is 18.4 Å². The molecule has 0 spiro atoms. The van der Waals surface area contributed by atoms with Gasteiger partial charge in [-0.3, -0.25) is 14.9 Å². The first-order valence-corrected chi connectivity index (χ1v) is 8.62. The molecule has 10 heteroatoms. The molecule has 1 saturated heterocycles. The Balaban J connectivity index is 1.60. The topological polar surface area (TPSA) is 124 Å². The van der Waals surface area contributed by atoms with E-state index < -0.39 is 23.4 Å². The second-order valence-corrected chi connectivity index (χ2v) is 5.99. The quantitative estimate of drug-likeness (QED) is 0.429. The van der Waals surface area contributed by atoms with Crippen molar-refractivity contribution < 1.29 is 28.4 Å². The Morgan fingerprint density at radius 3 is 2.71 bits per heavy atom. The summed E-state index contributed by atoms with van der Waals surface area (Å²) in [5, 5.41) is 14.0. The van der Waals surface area contributed by atoms with Gasteiger partial charge in [-0.05, 0) is 24.3 Å². The first kappa shape index (κ1) is 19.4. The summed E-state index contributed by atoms with van der Waals surface area (Å²) in [5.74, 6) is -0.761. The van der Waals surface area contributed by atoms with E-state index in [9.17, 15) is 19.7 Å². The molecule has 0 radical (unpaired) electrons. The number of ether oxygens (including phenoxy) is 2.